The number of carbonyl (C=O) groups excluding carboxylic acids is 1. The molecule has 0 bridgehead atoms. The lowest BCUT2D eigenvalue weighted by Gasteiger charge is -2.24. The first-order valence-electron chi connectivity index (χ1n) is 6.93. The molecule has 3 N–H and O–H groups in total. The maximum absolute atomic E-state index is 11.7. The van der Waals surface area contributed by atoms with Gasteiger partial charge in [-0.15, -0.1) is 0 Å². The zero-order valence-electron chi connectivity index (χ0n) is 12.0. The first kappa shape index (κ1) is 15.8. The fraction of sp³-hybridized carbons (Fsp3) is 0.846. The molecule has 1 aliphatic heterocycles. The Morgan fingerprint density at radius 1 is 1.21 bits per heavy atom. The number of rotatable bonds is 6. The Balaban J connectivity index is 2.32. The van der Waals surface area contributed by atoms with Gasteiger partial charge in [-0.1, -0.05) is 13.8 Å². The molecule has 0 saturated carbocycles. The fourth-order valence-corrected chi connectivity index (χ4v) is 2.26. The molecule has 0 radical (unpaired) electrons. The van der Waals surface area contributed by atoms with Crippen molar-refractivity contribution >= 4 is 12.0 Å². The summed E-state index contributed by atoms with van der Waals surface area (Å²) in [6.45, 7) is 8.30. The smallest absolute Gasteiger partial charge is 0.326 e. The molecular weight excluding hydrogens is 246 g/mol. The van der Waals surface area contributed by atoms with Gasteiger partial charge in [-0.25, -0.2) is 9.59 Å². The van der Waals surface area contributed by atoms with Crippen LogP contribution < -0.4 is 10.6 Å². The van der Waals surface area contributed by atoms with Gasteiger partial charge in [-0.05, 0) is 38.8 Å². The number of hydrogen-bond acceptors (Lipinski definition) is 3. The van der Waals surface area contributed by atoms with Crippen molar-refractivity contribution in [3.8, 4) is 0 Å². The highest BCUT2D eigenvalue weighted by Crippen LogP contribution is 2.10. The first-order chi connectivity index (χ1) is 8.91. The van der Waals surface area contributed by atoms with Crippen molar-refractivity contribution in [3.63, 3.8) is 0 Å². The number of urea groups is 1. The van der Waals surface area contributed by atoms with Gasteiger partial charge in [0, 0.05) is 12.6 Å². The van der Waals surface area contributed by atoms with Crippen LogP contribution in [0.4, 0.5) is 4.79 Å². The third-order valence-electron chi connectivity index (χ3n) is 3.54. The number of carbonyl (C=O) groups is 2. The van der Waals surface area contributed by atoms with Gasteiger partial charge in [0.05, 0.1) is 0 Å². The minimum absolute atomic E-state index is 0.140. The SMILES string of the molecule is CC(C)[C@H](NC(=O)NCC(C)N1CCCC1)C(=O)O. The minimum atomic E-state index is -1.00. The average Bonchev–Trinajstić information content (AvgIpc) is 2.85. The number of nitrogens with zero attached hydrogens (tertiary/aromatic N) is 1. The Bertz CT molecular complexity index is 314. The molecule has 1 heterocycles. The third-order valence-corrected chi connectivity index (χ3v) is 3.54. The van der Waals surface area contributed by atoms with Crippen LogP contribution in [0.1, 0.15) is 33.6 Å². The summed E-state index contributed by atoms with van der Waals surface area (Å²) in [6, 6.07) is -0.968. The normalized spacial score (nSPS) is 19.2. The van der Waals surface area contributed by atoms with Gasteiger partial charge in [0.25, 0.3) is 0 Å². The Morgan fingerprint density at radius 3 is 2.26 bits per heavy atom. The highest BCUT2D eigenvalue weighted by atomic mass is 16.4. The number of carboxylic acid groups (broad SMARTS) is 1. The van der Waals surface area contributed by atoms with Crippen LogP contribution in [0.25, 0.3) is 0 Å². The highest BCUT2D eigenvalue weighted by Gasteiger charge is 2.24. The second kappa shape index (κ2) is 7.33. The van der Waals surface area contributed by atoms with Crippen molar-refractivity contribution in [3.05, 3.63) is 0 Å². The molecule has 1 rings (SSSR count). The van der Waals surface area contributed by atoms with Crippen molar-refractivity contribution in [1.29, 1.82) is 0 Å². The van der Waals surface area contributed by atoms with Gasteiger partial charge < -0.3 is 15.7 Å². The molecule has 110 valence electrons. The van der Waals surface area contributed by atoms with Crippen LogP contribution >= 0.6 is 0 Å². The number of hydrogen-bond donors (Lipinski definition) is 3. The van der Waals surface area contributed by atoms with E-state index in [4.69, 9.17) is 5.11 Å². The van der Waals surface area contributed by atoms with Crippen molar-refractivity contribution < 1.29 is 14.7 Å². The molecule has 1 saturated heterocycles. The first-order valence-corrected chi connectivity index (χ1v) is 6.93. The van der Waals surface area contributed by atoms with E-state index in [-0.39, 0.29) is 12.0 Å². The molecule has 0 aromatic rings. The number of carboxylic acids is 1. The van der Waals surface area contributed by atoms with Crippen LogP contribution in [0.5, 0.6) is 0 Å². The van der Waals surface area contributed by atoms with E-state index in [1.807, 2.05) is 0 Å². The summed E-state index contributed by atoms with van der Waals surface area (Å²) in [5.41, 5.74) is 0. The minimum Gasteiger partial charge on any atom is -0.480 e. The summed E-state index contributed by atoms with van der Waals surface area (Å²) in [5.74, 6) is -1.14. The number of amides is 2. The Morgan fingerprint density at radius 2 is 1.79 bits per heavy atom. The van der Waals surface area contributed by atoms with Gasteiger partial charge in [0.2, 0.25) is 0 Å². The summed E-state index contributed by atoms with van der Waals surface area (Å²) in [4.78, 5) is 25.0. The molecule has 2 atom stereocenters. The lowest BCUT2D eigenvalue weighted by atomic mass is 10.1. The van der Waals surface area contributed by atoms with E-state index in [1.165, 1.54) is 12.8 Å². The van der Waals surface area contributed by atoms with Crippen LogP contribution in [0.2, 0.25) is 0 Å². The molecular formula is C13H25N3O3. The van der Waals surface area contributed by atoms with Crippen molar-refractivity contribution in [2.75, 3.05) is 19.6 Å². The molecule has 0 aromatic heterocycles. The zero-order valence-corrected chi connectivity index (χ0v) is 12.0. The Labute approximate surface area is 114 Å². The van der Waals surface area contributed by atoms with Gasteiger partial charge in [0.1, 0.15) is 6.04 Å². The largest absolute Gasteiger partial charge is 0.480 e. The van der Waals surface area contributed by atoms with E-state index in [1.54, 1.807) is 13.8 Å². The molecule has 19 heavy (non-hydrogen) atoms. The van der Waals surface area contributed by atoms with Gasteiger partial charge in [-0.2, -0.15) is 0 Å². The maximum Gasteiger partial charge on any atom is 0.326 e. The molecule has 0 aromatic carbocycles. The fourth-order valence-electron chi connectivity index (χ4n) is 2.26. The standard InChI is InChI=1S/C13H25N3O3/c1-9(2)11(12(17)18)15-13(19)14-8-10(3)16-6-4-5-7-16/h9-11H,4-8H2,1-3H3,(H,17,18)(H2,14,15,19)/t10?,11-/m0/s1. The van der Waals surface area contributed by atoms with Crippen LogP contribution in [0.15, 0.2) is 0 Å². The summed E-state index contributed by atoms with van der Waals surface area (Å²) < 4.78 is 0. The number of likely N-dealkylation sites (tertiary alicyclic amines) is 1. The van der Waals surface area contributed by atoms with E-state index >= 15 is 0 Å². The van der Waals surface area contributed by atoms with E-state index in [0.717, 1.165) is 13.1 Å². The van der Waals surface area contributed by atoms with E-state index in [2.05, 4.69) is 22.5 Å². The Kier molecular flexibility index (Phi) is 6.08. The van der Waals surface area contributed by atoms with Gasteiger partial charge in [0.15, 0.2) is 0 Å². The number of aliphatic carboxylic acids is 1. The quantitative estimate of drug-likeness (QED) is 0.670. The topological polar surface area (TPSA) is 81.7 Å². The molecule has 0 spiro atoms. The molecule has 6 heteroatoms. The van der Waals surface area contributed by atoms with E-state index < -0.39 is 18.0 Å². The third kappa shape index (κ3) is 5.06. The lowest BCUT2D eigenvalue weighted by molar-refractivity contribution is -0.140. The van der Waals surface area contributed by atoms with Crippen molar-refractivity contribution in [1.82, 2.24) is 15.5 Å². The van der Waals surface area contributed by atoms with E-state index in [0.29, 0.717) is 6.54 Å². The van der Waals surface area contributed by atoms with Crippen molar-refractivity contribution in [2.24, 2.45) is 5.92 Å². The van der Waals surface area contributed by atoms with Crippen LogP contribution in [0.3, 0.4) is 0 Å². The van der Waals surface area contributed by atoms with E-state index in [9.17, 15) is 9.59 Å². The monoisotopic (exact) mass is 271 g/mol. The second-order valence-electron chi connectivity index (χ2n) is 5.51. The molecule has 1 fully saturated rings. The van der Waals surface area contributed by atoms with Crippen LogP contribution in [0, 0.1) is 5.92 Å². The predicted octanol–water partition coefficient (Wildman–Crippen LogP) is 0.879. The molecule has 0 aliphatic carbocycles. The predicted molar refractivity (Wildman–Crippen MR) is 73.1 cm³/mol. The van der Waals surface area contributed by atoms with Crippen LogP contribution in [-0.2, 0) is 4.79 Å². The zero-order chi connectivity index (χ0) is 14.4. The lowest BCUT2D eigenvalue weighted by Crippen LogP contribution is -2.51. The summed E-state index contributed by atoms with van der Waals surface area (Å²) in [5, 5.41) is 14.2. The van der Waals surface area contributed by atoms with Crippen LogP contribution in [-0.4, -0.2) is 53.7 Å². The molecule has 6 nitrogen and oxygen atoms in total. The summed E-state index contributed by atoms with van der Waals surface area (Å²) in [7, 11) is 0. The summed E-state index contributed by atoms with van der Waals surface area (Å²) >= 11 is 0. The highest BCUT2D eigenvalue weighted by molar-refractivity contribution is 5.82. The number of nitrogens with one attached hydrogen (secondary N) is 2. The molecule has 1 aliphatic rings. The van der Waals surface area contributed by atoms with Crippen molar-refractivity contribution in [2.45, 2.75) is 45.7 Å². The van der Waals surface area contributed by atoms with Gasteiger partial charge in [-0.3, -0.25) is 4.90 Å². The Hall–Kier alpha value is -1.30. The molecule has 1 unspecified atom stereocenters. The average molecular weight is 271 g/mol. The summed E-state index contributed by atoms with van der Waals surface area (Å²) in [6.07, 6.45) is 2.43. The maximum atomic E-state index is 11.7. The molecule has 2 amide bonds. The van der Waals surface area contributed by atoms with Gasteiger partial charge >= 0.3 is 12.0 Å². The second-order valence-corrected chi connectivity index (χ2v) is 5.51.